The number of likely N-dealkylation sites (tertiary alicyclic amines) is 1. The Morgan fingerprint density at radius 3 is 2.33 bits per heavy atom. The van der Waals surface area contributed by atoms with Crippen molar-refractivity contribution in [3.8, 4) is 11.5 Å². The third-order valence-corrected chi connectivity index (χ3v) is 6.08. The van der Waals surface area contributed by atoms with Gasteiger partial charge in [0.15, 0.2) is 17.5 Å². The first-order valence-electron chi connectivity index (χ1n) is 11.0. The molecule has 2 aliphatic rings. The van der Waals surface area contributed by atoms with E-state index >= 15 is 0 Å². The Kier molecular flexibility index (Phi) is 9.53. The standard InChI is InChI=1S/C23H38N4O2.HI/c1-6-24-22(26-18-11-13-27(14-12-18)19-8-9-19)25-16-23(2,3)17-7-10-20(28-4)21(15-17)29-5;/h7,10,15,18-19H,6,8-9,11-14,16H2,1-5H3,(H2,24,25,26);1H. The van der Waals surface area contributed by atoms with E-state index in [0.29, 0.717) is 12.6 Å². The maximum atomic E-state index is 5.48. The van der Waals surface area contributed by atoms with E-state index in [0.717, 1.165) is 30.0 Å². The van der Waals surface area contributed by atoms with Crippen LogP contribution in [0.2, 0.25) is 0 Å². The summed E-state index contributed by atoms with van der Waals surface area (Å²) in [5, 5.41) is 7.09. The molecule has 1 heterocycles. The van der Waals surface area contributed by atoms with Crippen molar-refractivity contribution in [1.29, 1.82) is 0 Å². The van der Waals surface area contributed by atoms with Gasteiger partial charge >= 0.3 is 0 Å². The topological polar surface area (TPSA) is 58.1 Å². The van der Waals surface area contributed by atoms with Crippen LogP contribution < -0.4 is 20.1 Å². The molecule has 3 rings (SSSR count). The highest BCUT2D eigenvalue weighted by molar-refractivity contribution is 14.0. The van der Waals surface area contributed by atoms with Crippen molar-refractivity contribution in [2.75, 3.05) is 40.4 Å². The fourth-order valence-electron chi connectivity index (χ4n) is 3.99. The first-order valence-corrected chi connectivity index (χ1v) is 11.0. The zero-order valence-electron chi connectivity index (χ0n) is 19.2. The molecule has 30 heavy (non-hydrogen) atoms. The molecule has 1 saturated heterocycles. The number of methoxy groups -OCH3 is 2. The summed E-state index contributed by atoms with van der Waals surface area (Å²) in [5.74, 6) is 2.43. The average molecular weight is 530 g/mol. The van der Waals surface area contributed by atoms with Crippen molar-refractivity contribution in [1.82, 2.24) is 15.5 Å². The van der Waals surface area contributed by atoms with Crippen LogP contribution in [0.4, 0.5) is 0 Å². The zero-order chi connectivity index (χ0) is 20.9. The quantitative estimate of drug-likeness (QED) is 0.305. The lowest BCUT2D eigenvalue weighted by Gasteiger charge is -2.33. The van der Waals surface area contributed by atoms with Gasteiger partial charge in [0.05, 0.1) is 20.8 Å². The summed E-state index contributed by atoms with van der Waals surface area (Å²) < 4.78 is 10.8. The van der Waals surface area contributed by atoms with Gasteiger partial charge in [-0.05, 0) is 50.3 Å². The number of ether oxygens (including phenoxy) is 2. The lowest BCUT2D eigenvalue weighted by molar-refractivity contribution is 0.197. The molecule has 0 bridgehead atoms. The van der Waals surface area contributed by atoms with E-state index in [1.54, 1.807) is 14.2 Å². The van der Waals surface area contributed by atoms with Gasteiger partial charge in [0.25, 0.3) is 0 Å². The number of nitrogens with zero attached hydrogens (tertiary/aromatic N) is 2. The summed E-state index contributed by atoms with van der Waals surface area (Å²) in [6.45, 7) is 10.5. The van der Waals surface area contributed by atoms with Crippen LogP contribution in [0.1, 0.15) is 52.0 Å². The minimum atomic E-state index is -0.114. The molecule has 1 aliphatic heterocycles. The molecule has 6 nitrogen and oxygen atoms in total. The van der Waals surface area contributed by atoms with Crippen molar-refractivity contribution in [3.63, 3.8) is 0 Å². The van der Waals surface area contributed by atoms with E-state index in [4.69, 9.17) is 14.5 Å². The van der Waals surface area contributed by atoms with Gasteiger partial charge in [-0.1, -0.05) is 19.9 Å². The van der Waals surface area contributed by atoms with Crippen LogP contribution >= 0.6 is 24.0 Å². The molecule has 0 amide bonds. The number of rotatable bonds is 8. The molecule has 0 unspecified atom stereocenters. The van der Waals surface area contributed by atoms with Crippen LogP contribution in [-0.4, -0.2) is 63.3 Å². The summed E-state index contributed by atoms with van der Waals surface area (Å²) in [5.41, 5.74) is 1.07. The van der Waals surface area contributed by atoms with E-state index in [-0.39, 0.29) is 29.4 Å². The summed E-state index contributed by atoms with van der Waals surface area (Å²) in [7, 11) is 3.34. The number of nitrogens with one attached hydrogen (secondary N) is 2. The Labute approximate surface area is 199 Å². The highest BCUT2D eigenvalue weighted by Crippen LogP contribution is 2.33. The smallest absolute Gasteiger partial charge is 0.191 e. The number of piperidine rings is 1. The molecule has 1 aromatic rings. The Hall–Kier alpha value is -1.22. The van der Waals surface area contributed by atoms with Crippen LogP contribution in [0.15, 0.2) is 23.2 Å². The van der Waals surface area contributed by atoms with Gasteiger partial charge < -0.3 is 25.0 Å². The van der Waals surface area contributed by atoms with Crippen molar-refractivity contribution in [2.24, 2.45) is 4.99 Å². The number of hydrogen-bond donors (Lipinski definition) is 2. The molecule has 0 aromatic heterocycles. The Morgan fingerprint density at radius 1 is 1.10 bits per heavy atom. The molecule has 2 fully saturated rings. The van der Waals surface area contributed by atoms with Crippen LogP contribution in [0.3, 0.4) is 0 Å². The second-order valence-electron chi connectivity index (χ2n) is 8.83. The average Bonchev–Trinajstić information content (AvgIpc) is 3.57. The molecule has 1 aromatic carbocycles. The van der Waals surface area contributed by atoms with Gasteiger partial charge in [-0.2, -0.15) is 0 Å². The van der Waals surface area contributed by atoms with Crippen LogP contribution in [0, 0.1) is 0 Å². The normalized spacial score (nSPS) is 18.5. The van der Waals surface area contributed by atoms with Gasteiger partial charge in [0.1, 0.15) is 0 Å². The second-order valence-corrected chi connectivity index (χ2v) is 8.83. The lowest BCUT2D eigenvalue weighted by atomic mass is 9.84. The first-order chi connectivity index (χ1) is 14.0. The molecular weight excluding hydrogens is 491 g/mol. The van der Waals surface area contributed by atoms with Crippen molar-refractivity contribution >= 4 is 29.9 Å². The molecule has 170 valence electrons. The number of guanidine groups is 1. The second kappa shape index (κ2) is 11.4. The Balaban J connectivity index is 0.00000320. The van der Waals surface area contributed by atoms with Crippen LogP contribution in [-0.2, 0) is 5.41 Å². The molecule has 1 saturated carbocycles. The van der Waals surface area contributed by atoms with E-state index in [1.165, 1.54) is 44.3 Å². The molecule has 0 radical (unpaired) electrons. The Bertz CT molecular complexity index is 698. The predicted molar refractivity (Wildman–Crippen MR) is 135 cm³/mol. The molecule has 0 atom stereocenters. The van der Waals surface area contributed by atoms with Gasteiger partial charge in [-0.3, -0.25) is 4.99 Å². The highest BCUT2D eigenvalue weighted by atomic mass is 127. The van der Waals surface area contributed by atoms with E-state index in [2.05, 4.69) is 48.4 Å². The summed E-state index contributed by atoms with van der Waals surface area (Å²) >= 11 is 0. The molecule has 7 heteroatoms. The molecule has 1 aliphatic carbocycles. The largest absolute Gasteiger partial charge is 0.493 e. The fourth-order valence-corrected chi connectivity index (χ4v) is 3.99. The van der Waals surface area contributed by atoms with Crippen LogP contribution in [0.5, 0.6) is 11.5 Å². The Morgan fingerprint density at radius 2 is 1.77 bits per heavy atom. The maximum Gasteiger partial charge on any atom is 0.191 e. The molecule has 0 spiro atoms. The van der Waals surface area contributed by atoms with E-state index in [1.807, 2.05) is 6.07 Å². The summed E-state index contributed by atoms with van der Waals surface area (Å²) in [4.78, 5) is 7.58. The first kappa shape index (κ1) is 25.0. The maximum absolute atomic E-state index is 5.48. The SMILES string of the molecule is CCNC(=NCC(C)(C)c1ccc(OC)c(OC)c1)NC1CCN(C2CC2)CC1.I. The van der Waals surface area contributed by atoms with Gasteiger partial charge in [-0.15, -0.1) is 24.0 Å². The third-order valence-electron chi connectivity index (χ3n) is 6.08. The monoisotopic (exact) mass is 530 g/mol. The summed E-state index contributed by atoms with van der Waals surface area (Å²) in [6.07, 6.45) is 5.18. The lowest BCUT2D eigenvalue weighted by Crippen LogP contribution is -2.49. The number of halogens is 1. The molecular formula is C23H39IN4O2. The third kappa shape index (κ3) is 6.64. The predicted octanol–water partition coefficient (Wildman–Crippen LogP) is 3.78. The van der Waals surface area contributed by atoms with Crippen molar-refractivity contribution in [3.05, 3.63) is 23.8 Å². The fraction of sp³-hybridized carbons (Fsp3) is 0.696. The molecule has 2 N–H and O–H groups in total. The zero-order valence-corrected chi connectivity index (χ0v) is 21.5. The minimum Gasteiger partial charge on any atom is -0.493 e. The van der Waals surface area contributed by atoms with Crippen molar-refractivity contribution in [2.45, 2.75) is 64.0 Å². The van der Waals surface area contributed by atoms with E-state index < -0.39 is 0 Å². The van der Waals surface area contributed by atoms with E-state index in [9.17, 15) is 0 Å². The van der Waals surface area contributed by atoms with Crippen LogP contribution in [0.25, 0.3) is 0 Å². The van der Waals surface area contributed by atoms with Gasteiger partial charge in [0.2, 0.25) is 0 Å². The summed E-state index contributed by atoms with van der Waals surface area (Å²) in [6, 6.07) is 7.51. The van der Waals surface area contributed by atoms with Gasteiger partial charge in [-0.25, -0.2) is 0 Å². The number of aliphatic imine (C=N–C) groups is 1. The highest BCUT2D eigenvalue weighted by Gasteiger charge is 2.32. The number of benzene rings is 1. The number of hydrogen-bond acceptors (Lipinski definition) is 4. The van der Waals surface area contributed by atoms with Crippen molar-refractivity contribution < 1.29 is 9.47 Å². The minimum absolute atomic E-state index is 0. The van der Waals surface area contributed by atoms with Gasteiger partial charge in [0, 0.05) is 37.1 Å².